The highest BCUT2D eigenvalue weighted by atomic mass is 15.0. The zero-order valence-electron chi connectivity index (χ0n) is 15.5. The number of fused-ring (bicyclic) bond motifs is 1. The second kappa shape index (κ2) is 5.99. The van der Waals surface area contributed by atoms with Gasteiger partial charge in [0.25, 0.3) is 0 Å². The summed E-state index contributed by atoms with van der Waals surface area (Å²) in [6.45, 7) is 7.10. The second-order valence-corrected chi connectivity index (χ2v) is 6.74. The second-order valence-electron chi connectivity index (χ2n) is 6.74. The molecule has 5 nitrogen and oxygen atoms in total. The van der Waals surface area contributed by atoms with Gasteiger partial charge in [-0.25, -0.2) is 15.0 Å². The van der Waals surface area contributed by atoms with Crippen LogP contribution in [0.4, 0.5) is 0 Å². The number of terminal acetylenes is 1. The van der Waals surface area contributed by atoms with Gasteiger partial charge in [-0.2, -0.15) is 0 Å². The summed E-state index contributed by atoms with van der Waals surface area (Å²) in [4.78, 5) is 13.6. The van der Waals surface area contributed by atoms with E-state index in [1.807, 2.05) is 19.9 Å². The fourth-order valence-electron chi connectivity index (χ4n) is 3.94. The van der Waals surface area contributed by atoms with Gasteiger partial charge in [0.2, 0.25) is 0 Å². The van der Waals surface area contributed by atoms with Gasteiger partial charge in [-0.1, -0.05) is 5.92 Å². The number of nitrogens with one attached hydrogen (secondary N) is 1. The summed E-state index contributed by atoms with van der Waals surface area (Å²) in [7, 11) is 2.06. The molecule has 0 aliphatic carbocycles. The topological polar surface area (TPSA) is 55.6 Å². The molecule has 4 rings (SSSR count). The molecule has 3 aromatic rings. The minimum atomic E-state index is 0.668. The maximum atomic E-state index is 5.56. The zero-order valence-corrected chi connectivity index (χ0v) is 15.5. The molecule has 0 radical (unpaired) electrons. The van der Waals surface area contributed by atoms with Crippen molar-refractivity contribution in [3.8, 4) is 23.6 Å². The number of pyridine rings is 1. The van der Waals surface area contributed by atoms with Crippen molar-refractivity contribution in [2.45, 2.75) is 27.2 Å². The van der Waals surface area contributed by atoms with Crippen molar-refractivity contribution in [1.82, 2.24) is 24.8 Å². The zero-order chi connectivity index (χ0) is 18.4. The lowest BCUT2D eigenvalue weighted by atomic mass is 9.94. The Morgan fingerprint density at radius 3 is 2.62 bits per heavy atom. The van der Waals surface area contributed by atoms with E-state index < -0.39 is 0 Å². The Balaban J connectivity index is 2.15. The number of hydrogen-bond donors (Lipinski definition) is 1. The molecular formula is C21H21N5. The van der Waals surface area contributed by atoms with Crippen LogP contribution in [0, 0.1) is 33.1 Å². The highest BCUT2D eigenvalue weighted by molar-refractivity contribution is 6.01. The summed E-state index contributed by atoms with van der Waals surface area (Å²) in [5, 5.41) is 4.45. The van der Waals surface area contributed by atoms with E-state index in [1.165, 1.54) is 11.1 Å². The van der Waals surface area contributed by atoms with Crippen LogP contribution in [0.1, 0.15) is 34.6 Å². The molecule has 3 aromatic heterocycles. The maximum absolute atomic E-state index is 5.56. The van der Waals surface area contributed by atoms with E-state index >= 15 is 0 Å². The largest absolute Gasteiger partial charge is 0.390 e. The van der Waals surface area contributed by atoms with Gasteiger partial charge in [0.1, 0.15) is 17.7 Å². The predicted octanol–water partition coefficient (Wildman–Crippen LogP) is 3.27. The highest BCUT2D eigenvalue weighted by Crippen LogP contribution is 2.41. The molecule has 0 spiro atoms. The van der Waals surface area contributed by atoms with E-state index in [4.69, 9.17) is 6.42 Å². The molecule has 5 heteroatoms. The smallest absolute Gasteiger partial charge is 0.144 e. The first-order chi connectivity index (χ1) is 12.5. The van der Waals surface area contributed by atoms with Gasteiger partial charge in [0.15, 0.2) is 0 Å². The van der Waals surface area contributed by atoms with Crippen LogP contribution in [0.5, 0.6) is 0 Å². The Morgan fingerprint density at radius 2 is 1.96 bits per heavy atom. The standard InChI is InChI=1S/C21H21N5/c1-6-16-9-12(2)17(14(4)25-16)20-19(15-7-8-22-10-15)18-13(3)23-11-24-21(18)26(20)5/h1,9-11,22H,7-8H2,2-5H3. The molecule has 0 amide bonds. The maximum Gasteiger partial charge on any atom is 0.144 e. The molecule has 0 fully saturated rings. The number of aryl methyl sites for hydroxylation is 4. The van der Waals surface area contributed by atoms with Crippen molar-refractivity contribution in [2.24, 2.45) is 7.05 Å². The SMILES string of the molecule is C#Cc1cc(C)c(-c2c(C3=CNCC3)c3c(C)ncnc3n2C)c(C)n1. The van der Waals surface area contributed by atoms with Crippen LogP contribution in [0.3, 0.4) is 0 Å². The van der Waals surface area contributed by atoms with Crippen molar-refractivity contribution in [2.75, 3.05) is 6.54 Å². The quantitative estimate of drug-likeness (QED) is 0.726. The first kappa shape index (κ1) is 16.3. The normalized spacial score (nSPS) is 13.6. The fourth-order valence-corrected chi connectivity index (χ4v) is 3.94. The molecule has 0 aromatic carbocycles. The summed E-state index contributed by atoms with van der Waals surface area (Å²) in [6.07, 6.45) is 10.3. The molecule has 26 heavy (non-hydrogen) atoms. The van der Waals surface area contributed by atoms with E-state index in [0.717, 1.165) is 52.2 Å². The molecule has 4 heterocycles. The van der Waals surface area contributed by atoms with Gasteiger partial charge in [-0.3, -0.25) is 0 Å². The molecule has 1 aliphatic heterocycles. The van der Waals surface area contributed by atoms with Gasteiger partial charge in [0, 0.05) is 42.0 Å². The summed E-state index contributed by atoms with van der Waals surface area (Å²) in [5.41, 5.74) is 9.38. The van der Waals surface area contributed by atoms with Crippen molar-refractivity contribution in [3.05, 3.63) is 46.8 Å². The van der Waals surface area contributed by atoms with Crippen molar-refractivity contribution >= 4 is 16.6 Å². The average molecular weight is 343 g/mol. The van der Waals surface area contributed by atoms with Gasteiger partial charge in [0.05, 0.1) is 11.4 Å². The van der Waals surface area contributed by atoms with Crippen LogP contribution in [0.2, 0.25) is 0 Å². The molecular weight excluding hydrogens is 322 g/mol. The lowest BCUT2D eigenvalue weighted by Gasteiger charge is -2.14. The third-order valence-electron chi connectivity index (χ3n) is 5.08. The number of rotatable bonds is 2. The molecule has 0 saturated carbocycles. The summed E-state index contributed by atoms with van der Waals surface area (Å²) in [6, 6.07) is 1.98. The molecule has 0 saturated heterocycles. The Labute approximate surface area is 153 Å². The molecule has 0 atom stereocenters. The summed E-state index contributed by atoms with van der Waals surface area (Å²) >= 11 is 0. The van der Waals surface area contributed by atoms with E-state index in [1.54, 1.807) is 6.33 Å². The van der Waals surface area contributed by atoms with Gasteiger partial charge >= 0.3 is 0 Å². The third kappa shape index (κ3) is 2.30. The molecule has 130 valence electrons. The van der Waals surface area contributed by atoms with Crippen LogP contribution in [-0.4, -0.2) is 26.1 Å². The Morgan fingerprint density at radius 1 is 1.15 bits per heavy atom. The van der Waals surface area contributed by atoms with Crippen LogP contribution in [-0.2, 0) is 7.05 Å². The van der Waals surface area contributed by atoms with E-state index in [-0.39, 0.29) is 0 Å². The van der Waals surface area contributed by atoms with E-state index in [0.29, 0.717) is 5.69 Å². The fraction of sp³-hybridized carbons (Fsp3) is 0.286. The number of aromatic nitrogens is 4. The Hall–Kier alpha value is -3.13. The first-order valence-electron chi connectivity index (χ1n) is 8.71. The molecule has 0 unspecified atom stereocenters. The number of nitrogens with zero attached hydrogens (tertiary/aromatic N) is 4. The van der Waals surface area contributed by atoms with Gasteiger partial charge in [-0.15, -0.1) is 6.42 Å². The van der Waals surface area contributed by atoms with Crippen molar-refractivity contribution in [1.29, 1.82) is 0 Å². The van der Waals surface area contributed by atoms with Crippen molar-refractivity contribution in [3.63, 3.8) is 0 Å². The monoisotopic (exact) mass is 343 g/mol. The van der Waals surface area contributed by atoms with E-state index in [2.05, 4.69) is 50.9 Å². The lowest BCUT2D eigenvalue weighted by molar-refractivity contribution is 0.919. The van der Waals surface area contributed by atoms with E-state index in [9.17, 15) is 0 Å². The average Bonchev–Trinajstić information content (AvgIpc) is 3.23. The van der Waals surface area contributed by atoms with Crippen molar-refractivity contribution < 1.29 is 0 Å². The minimum Gasteiger partial charge on any atom is -0.390 e. The lowest BCUT2D eigenvalue weighted by Crippen LogP contribution is -2.02. The first-order valence-corrected chi connectivity index (χ1v) is 8.71. The summed E-state index contributed by atoms with van der Waals surface area (Å²) < 4.78 is 2.16. The summed E-state index contributed by atoms with van der Waals surface area (Å²) in [5.74, 6) is 2.65. The Kier molecular flexibility index (Phi) is 3.77. The molecule has 1 N–H and O–H groups in total. The Bertz CT molecular complexity index is 1090. The minimum absolute atomic E-state index is 0.668. The predicted molar refractivity (Wildman–Crippen MR) is 104 cm³/mol. The van der Waals surface area contributed by atoms with Gasteiger partial charge in [-0.05, 0) is 44.4 Å². The van der Waals surface area contributed by atoms with Crippen LogP contribution in [0.15, 0.2) is 18.6 Å². The van der Waals surface area contributed by atoms with Crippen LogP contribution in [0.25, 0.3) is 27.9 Å². The van der Waals surface area contributed by atoms with Crippen LogP contribution < -0.4 is 5.32 Å². The highest BCUT2D eigenvalue weighted by Gasteiger charge is 2.26. The molecule has 1 aliphatic rings. The third-order valence-corrected chi connectivity index (χ3v) is 5.08. The number of hydrogen-bond acceptors (Lipinski definition) is 4. The van der Waals surface area contributed by atoms with Crippen LogP contribution >= 0.6 is 0 Å². The van der Waals surface area contributed by atoms with Gasteiger partial charge < -0.3 is 9.88 Å². The molecule has 0 bridgehead atoms.